The summed E-state index contributed by atoms with van der Waals surface area (Å²) >= 11 is 13.8. The Balaban J connectivity index is 1.73. The van der Waals surface area contributed by atoms with E-state index in [4.69, 9.17) is 27.9 Å². The SMILES string of the molecule is O=C(N=C1S[C@H]2CS(=O)(=O)C[C@H]2N1c1cc(Cl)ccc1Cl)[C@@H]1CCCO1. The van der Waals surface area contributed by atoms with Crippen LogP contribution in [0.25, 0.3) is 0 Å². The molecule has 0 radical (unpaired) electrons. The second kappa shape index (κ2) is 6.98. The number of amidine groups is 1. The van der Waals surface area contributed by atoms with Crippen molar-refractivity contribution in [3.05, 3.63) is 28.2 Å². The maximum absolute atomic E-state index is 12.4. The molecule has 10 heteroatoms. The molecular formula is C16H16Cl2N2O4S2. The number of fused-ring (bicyclic) bond motifs is 1. The van der Waals surface area contributed by atoms with Crippen LogP contribution in [0, 0.1) is 0 Å². The zero-order chi connectivity index (χ0) is 18.5. The van der Waals surface area contributed by atoms with Crippen LogP contribution in [0.3, 0.4) is 0 Å². The molecule has 3 aliphatic rings. The third-order valence-electron chi connectivity index (χ3n) is 4.65. The van der Waals surface area contributed by atoms with Crippen LogP contribution in [0.5, 0.6) is 0 Å². The molecule has 3 fully saturated rings. The lowest BCUT2D eigenvalue weighted by molar-refractivity contribution is -0.126. The Labute approximate surface area is 165 Å². The summed E-state index contributed by atoms with van der Waals surface area (Å²) < 4.78 is 29.6. The average molecular weight is 435 g/mol. The van der Waals surface area contributed by atoms with Gasteiger partial charge < -0.3 is 9.64 Å². The first-order valence-electron chi connectivity index (χ1n) is 8.19. The molecule has 0 aliphatic carbocycles. The maximum Gasteiger partial charge on any atom is 0.277 e. The van der Waals surface area contributed by atoms with E-state index in [0.717, 1.165) is 6.42 Å². The van der Waals surface area contributed by atoms with Gasteiger partial charge in [-0.3, -0.25) is 4.79 Å². The van der Waals surface area contributed by atoms with Crippen LogP contribution < -0.4 is 4.90 Å². The van der Waals surface area contributed by atoms with Crippen molar-refractivity contribution in [3.63, 3.8) is 0 Å². The van der Waals surface area contributed by atoms with Gasteiger partial charge in [-0.15, -0.1) is 0 Å². The number of sulfone groups is 1. The van der Waals surface area contributed by atoms with Gasteiger partial charge in [-0.05, 0) is 31.0 Å². The molecule has 0 saturated carbocycles. The standard InChI is InChI=1S/C16H16Cl2N2O4S2/c17-9-3-4-10(18)11(6-9)20-12-7-26(22,23)8-14(12)25-16(20)19-15(21)13-2-1-5-24-13/h3-4,6,12-14H,1-2,5,7-8H2/t12-,13+,14+/m1/s1. The van der Waals surface area contributed by atoms with Crippen LogP contribution in [-0.4, -0.2) is 55.0 Å². The highest BCUT2D eigenvalue weighted by molar-refractivity contribution is 8.16. The van der Waals surface area contributed by atoms with Gasteiger partial charge in [0.25, 0.3) is 5.91 Å². The minimum atomic E-state index is -3.14. The predicted octanol–water partition coefficient (Wildman–Crippen LogP) is 2.77. The number of ether oxygens (including phenoxy) is 1. The zero-order valence-electron chi connectivity index (χ0n) is 13.6. The van der Waals surface area contributed by atoms with E-state index in [0.29, 0.717) is 33.9 Å². The van der Waals surface area contributed by atoms with Crippen molar-refractivity contribution in [2.24, 2.45) is 4.99 Å². The first-order valence-corrected chi connectivity index (χ1v) is 11.7. The van der Waals surface area contributed by atoms with Crippen LogP contribution in [0.4, 0.5) is 5.69 Å². The van der Waals surface area contributed by atoms with Gasteiger partial charge in [0.05, 0.1) is 28.3 Å². The van der Waals surface area contributed by atoms with Gasteiger partial charge in [0, 0.05) is 16.9 Å². The van der Waals surface area contributed by atoms with Crippen molar-refractivity contribution >= 4 is 61.6 Å². The summed E-state index contributed by atoms with van der Waals surface area (Å²) in [4.78, 5) is 18.5. The minimum Gasteiger partial charge on any atom is -0.368 e. The lowest BCUT2D eigenvalue weighted by Crippen LogP contribution is -2.38. The van der Waals surface area contributed by atoms with Gasteiger partial charge in [-0.25, -0.2) is 8.42 Å². The van der Waals surface area contributed by atoms with Gasteiger partial charge >= 0.3 is 0 Å². The third-order valence-corrected chi connectivity index (χ3v) is 8.41. The van der Waals surface area contributed by atoms with Gasteiger partial charge in [-0.2, -0.15) is 4.99 Å². The molecule has 3 saturated heterocycles. The Morgan fingerprint density at radius 2 is 2.12 bits per heavy atom. The highest BCUT2D eigenvalue weighted by Crippen LogP contribution is 2.43. The van der Waals surface area contributed by atoms with Gasteiger partial charge in [0.2, 0.25) is 0 Å². The van der Waals surface area contributed by atoms with Crippen molar-refractivity contribution in [1.82, 2.24) is 0 Å². The molecule has 4 rings (SSSR count). The zero-order valence-corrected chi connectivity index (χ0v) is 16.7. The Morgan fingerprint density at radius 1 is 1.31 bits per heavy atom. The number of aliphatic imine (C=N–C) groups is 1. The Hall–Kier alpha value is -0.800. The quantitative estimate of drug-likeness (QED) is 0.711. The molecule has 6 nitrogen and oxygen atoms in total. The average Bonchev–Trinajstić information content (AvgIpc) is 3.25. The van der Waals surface area contributed by atoms with Crippen LogP contribution in [0.1, 0.15) is 12.8 Å². The Morgan fingerprint density at radius 3 is 2.85 bits per heavy atom. The van der Waals surface area contributed by atoms with Crippen molar-refractivity contribution < 1.29 is 17.9 Å². The van der Waals surface area contributed by atoms with Gasteiger partial charge in [0.1, 0.15) is 6.10 Å². The molecule has 1 aromatic rings. The minimum absolute atomic E-state index is 0.000643. The van der Waals surface area contributed by atoms with E-state index in [2.05, 4.69) is 4.99 Å². The first-order chi connectivity index (χ1) is 12.3. The van der Waals surface area contributed by atoms with Crippen molar-refractivity contribution in [2.45, 2.75) is 30.2 Å². The lowest BCUT2D eigenvalue weighted by atomic mass is 10.2. The van der Waals surface area contributed by atoms with Crippen LogP contribution in [-0.2, 0) is 19.4 Å². The summed E-state index contributed by atoms with van der Waals surface area (Å²) in [6.07, 6.45) is 0.963. The number of rotatable bonds is 2. The molecule has 0 spiro atoms. The van der Waals surface area contributed by atoms with E-state index < -0.39 is 15.9 Å². The largest absolute Gasteiger partial charge is 0.368 e. The summed E-state index contributed by atoms with van der Waals surface area (Å²) in [6.45, 7) is 0.557. The monoisotopic (exact) mass is 434 g/mol. The molecule has 0 unspecified atom stereocenters. The third kappa shape index (κ3) is 3.49. The molecule has 3 heterocycles. The number of carbonyl (C=O) groups excluding carboxylic acids is 1. The van der Waals surface area contributed by atoms with E-state index in [-0.39, 0.29) is 28.7 Å². The predicted molar refractivity (Wildman–Crippen MR) is 104 cm³/mol. The molecule has 0 N–H and O–H groups in total. The lowest BCUT2D eigenvalue weighted by Gasteiger charge is -2.25. The fraction of sp³-hybridized carbons (Fsp3) is 0.500. The first kappa shape index (κ1) is 18.6. The summed E-state index contributed by atoms with van der Waals surface area (Å²) in [7, 11) is -3.14. The van der Waals surface area contributed by atoms with Crippen molar-refractivity contribution in [2.75, 3.05) is 23.0 Å². The molecule has 1 amide bonds. The Bertz CT molecular complexity index is 884. The maximum atomic E-state index is 12.4. The van der Waals surface area contributed by atoms with E-state index in [1.54, 1.807) is 23.1 Å². The van der Waals surface area contributed by atoms with E-state index in [9.17, 15) is 13.2 Å². The number of hydrogen-bond acceptors (Lipinski definition) is 5. The number of hydrogen-bond donors (Lipinski definition) is 0. The fourth-order valence-electron chi connectivity index (χ4n) is 3.46. The molecule has 0 aromatic heterocycles. The van der Waals surface area contributed by atoms with E-state index in [1.807, 2.05) is 0 Å². The molecule has 3 aliphatic heterocycles. The van der Waals surface area contributed by atoms with Crippen molar-refractivity contribution in [1.29, 1.82) is 0 Å². The molecule has 0 bridgehead atoms. The molecule has 3 atom stereocenters. The number of thioether (sulfide) groups is 1. The number of nitrogens with zero attached hydrogens (tertiary/aromatic N) is 2. The summed E-state index contributed by atoms with van der Waals surface area (Å²) in [5.74, 6) is -0.277. The summed E-state index contributed by atoms with van der Waals surface area (Å²) in [5, 5.41) is 1.17. The topological polar surface area (TPSA) is 76.0 Å². The van der Waals surface area contributed by atoms with Crippen molar-refractivity contribution in [3.8, 4) is 0 Å². The van der Waals surface area contributed by atoms with Crippen LogP contribution >= 0.6 is 35.0 Å². The number of halogens is 2. The second-order valence-electron chi connectivity index (χ2n) is 6.50. The number of carbonyl (C=O) groups is 1. The number of anilines is 1. The summed E-state index contributed by atoms with van der Waals surface area (Å²) in [5.41, 5.74) is 0.565. The van der Waals surface area contributed by atoms with Gasteiger partial charge in [0.15, 0.2) is 15.0 Å². The number of benzene rings is 1. The summed E-state index contributed by atoms with van der Waals surface area (Å²) in [6, 6.07) is 4.66. The number of amides is 1. The van der Waals surface area contributed by atoms with Gasteiger partial charge in [-0.1, -0.05) is 35.0 Å². The normalized spacial score (nSPS) is 31.5. The van der Waals surface area contributed by atoms with E-state index in [1.165, 1.54) is 11.8 Å². The smallest absolute Gasteiger partial charge is 0.277 e. The molecular weight excluding hydrogens is 419 g/mol. The molecule has 26 heavy (non-hydrogen) atoms. The highest BCUT2D eigenvalue weighted by atomic mass is 35.5. The van der Waals surface area contributed by atoms with Crippen LogP contribution in [0.2, 0.25) is 10.0 Å². The molecule has 140 valence electrons. The van der Waals surface area contributed by atoms with Crippen LogP contribution in [0.15, 0.2) is 23.2 Å². The molecule has 1 aromatic carbocycles. The highest BCUT2D eigenvalue weighted by Gasteiger charge is 2.50. The second-order valence-corrected chi connectivity index (χ2v) is 10.7. The van der Waals surface area contributed by atoms with E-state index >= 15 is 0 Å². The Kier molecular flexibility index (Phi) is 4.98. The fourth-order valence-corrected chi connectivity index (χ4v) is 7.74.